The normalized spacial score (nSPS) is 12.4. The molecule has 0 saturated heterocycles. The van der Waals surface area contributed by atoms with Crippen LogP contribution < -0.4 is 21.1 Å². The first-order valence-electron chi connectivity index (χ1n) is 6.88. The van der Waals surface area contributed by atoms with E-state index in [1.54, 1.807) is 0 Å². The lowest BCUT2D eigenvalue weighted by Crippen LogP contribution is -2.19. The lowest BCUT2D eigenvalue weighted by molar-refractivity contribution is 0.262. The third-order valence-electron chi connectivity index (χ3n) is 3.38. The summed E-state index contributed by atoms with van der Waals surface area (Å²) in [5.41, 5.74) is 9.09. The van der Waals surface area contributed by atoms with Gasteiger partial charge >= 0.3 is 6.03 Å². The first-order valence-corrected chi connectivity index (χ1v) is 6.88. The Bertz CT molecular complexity index is 670. The number of nitrogens with two attached hydrogens (primary N) is 1. The van der Waals surface area contributed by atoms with E-state index < -0.39 is 0 Å². The van der Waals surface area contributed by atoms with Gasteiger partial charge in [0.1, 0.15) is 5.75 Å². The fourth-order valence-electron chi connectivity index (χ4n) is 2.37. The zero-order chi connectivity index (χ0) is 14.7. The molecule has 1 aliphatic heterocycles. The molecule has 4 N–H and O–H groups in total. The molecule has 0 spiro atoms. The highest BCUT2D eigenvalue weighted by Crippen LogP contribution is 2.33. The number of ether oxygens (including phenoxy) is 1. The Balaban J connectivity index is 1.71. The number of carbonyl (C=O) groups is 1. The fraction of sp³-hybridized carbons (Fsp3) is 0.188. The average Bonchev–Trinajstić information content (AvgIpc) is 2.97. The van der Waals surface area contributed by atoms with E-state index in [0.717, 1.165) is 23.3 Å². The Morgan fingerprint density at radius 2 is 2.05 bits per heavy atom. The van der Waals surface area contributed by atoms with E-state index in [0.29, 0.717) is 24.5 Å². The van der Waals surface area contributed by atoms with Gasteiger partial charge in [-0.1, -0.05) is 24.3 Å². The van der Waals surface area contributed by atoms with Crippen LogP contribution >= 0.6 is 0 Å². The van der Waals surface area contributed by atoms with Gasteiger partial charge < -0.3 is 21.1 Å². The molecule has 2 aromatic rings. The molecule has 0 aromatic heterocycles. The second-order valence-corrected chi connectivity index (χ2v) is 4.88. The number of rotatable bonds is 3. The maximum atomic E-state index is 12.1. The molecule has 0 aliphatic carbocycles. The number of urea groups is 1. The Kier molecular flexibility index (Phi) is 3.75. The number of fused-ring (bicyclic) bond motifs is 1. The van der Waals surface area contributed by atoms with Crippen LogP contribution in [0.25, 0.3) is 0 Å². The van der Waals surface area contributed by atoms with E-state index in [1.807, 2.05) is 42.5 Å². The largest absolute Gasteiger partial charge is 0.491 e. The van der Waals surface area contributed by atoms with Gasteiger partial charge in [-0.15, -0.1) is 0 Å². The van der Waals surface area contributed by atoms with Gasteiger partial charge in [0.2, 0.25) is 0 Å². The maximum absolute atomic E-state index is 12.1. The summed E-state index contributed by atoms with van der Waals surface area (Å²) in [6.07, 6.45) is 0.880. The van der Waals surface area contributed by atoms with Crippen LogP contribution in [0.15, 0.2) is 42.5 Å². The van der Waals surface area contributed by atoms with Crippen LogP contribution in [0.4, 0.5) is 16.2 Å². The van der Waals surface area contributed by atoms with Crippen LogP contribution in [0, 0.1) is 0 Å². The molecule has 1 heterocycles. The first kappa shape index (κ1) is 13.5. The zero-order valence-electron chi connectivity index (χ0n) is 11.6. The number of para-hydroxylation sites is 1. The molecule has 0 atom stereocenters. The van der Waals surface area contributed by atoms with Crippen molar-refractivity contribution in [2.45, 2.75) is 13.0 Å². The van der Waals surface area contributed by atoms with Crippen LogP contribution in [0.2, 0.25) is 0 Å². The van der Waals surface area contributed by atoms with Gasteiger partial charge in [0.15, 0.2) is 0 Å². The predicted octanol–water partition coefficient (Wildman–Crippen LogP) is 2.72. The van der Waals surface area contributed by atoms with E-state index in [4.69, 9.17) is 10.5 Å². The minimum atomic E-state index is -0.298. The molecule has 5 heteroatoms. The molecule has 0 fully saturated rings. The Morgan fingerprint density at radius 1 is 1.19 bits per heavy atom. The molecule has 2 amide bonds. The van der Waals surface area contributed by atoms with Gasteiger partial charge in [-0.05, 0) is 29.3 Å². The van der Waals surface area contributed by atoms with Crippen molar-refractivity contribution >= 4 is 17.4 Å². The molecular weight excluding hydrogens is 266 g/mol. The van der Waals surface area contributed by atoms with E-state index in [-0.39, 0.29) is 6.03 Å². The minimum Gasteiger partial charge on any atom is -0.491 e. The van der Waals surface area contributed by atoms with Gasteiger partial charge in [-0.3, -0.25) is 0 Å². The number of hydrogen-bond acceptors (Lipinski definition) is 3. The van der Waals surface area contributed by atoms with E-state index in [9.17, 15) is 4.79 Å². The van der Waals surface area contributed by atoms with Crippen molar-refractivity contribution in [1.29, 1.82) is 0 Å². The van der Waals surface area contributed by atoms with Crippen molar-refractivity contribution in [3.05, 3.63) is 53.6 Å². The monoisotopic (exact) mass is 283 g/mol. The summed E-state index contributed by atoms with van der Waals surface area (Å²) < 4.78 is 5.56. The van der Waals surface area contributed by atoms with Gasteiger partial charge in [0.05, 0.1) is 12.3 Å². The lowest BCUT2D eigenvalue weighted by Gasteiger charge is -2.11. The maximum Gasteiger partial charge on any atom is 0.323 e. The van der Waals surface area contributed by atoms with Crippen LogP contribution in [0.5, 0.6) is 5.75 Å². The topological polar surface area (TPSA) is 76.4 Å². The van der Waals surface area contributed by atoms with Crippen LogP contribution in [-0.4, -0.2) is 12.6 Å². The Labute approximate surface area is 123 Å². The summed E-state index contributed by atoms with van der Waals surface area (Å²) in [5.74, 6) is 0.767. The Hall–Kier alpha value is -2.53. The Morgan fingerprint density at radius 3 is 2.90 bits per heavy atom. The van der Waals surface area contributed by atoms with Crippen molar-refractivity contribution in [2.24, 2.45) is 5.73 Å². The number of carbonyl (C=O) groups excluding carboxylic acids is 1. The molecule has 0 unspecified atom stereocenters. The van der Waals surface area contributed by atoms with Crippen molar-refractivity contribution < 1.29 is 9.53 Å². The summed E-state index contributed by atoms with van der Waals surface area (Å²) in [6.45, 7) is 1.10. The van der Waals surface area contributed by atoms with Crippen molar-refractivity contribution in [3.63, 3.8) is 0 Å². The molecule has 21 heavy (non-hydrogen) atoms. The second kappa shape index (κ2) is 5.85. The molecule has 2 aromatic carbocycles. The number of hydrogen-bond donors (Lipinski definition) is 3. The summed E-state index contributed by atoms with van der Waals surface area (Å²) in [7, 11) is 0. The smallest absolute Gasteiger partial charge is 0.323 e. The summed E-state index contributed by atoms with van der Waals surface area (Å²) in [4.78, 5) is 12.1. The highest BCUT2D eigenvalue weighted by molar-refractivity contribution is 6.00. The number of anilines is 2. The van der Waals surface area contributed by atoms with Gasteiger partial charge in [-0.2, -0.15) is 0 Å². The highest BCUT2D eigenvalue weighted by atomic mass is 16.5. The fourth-order valence-corrected chi connectivity index (χ4v) is 2.37. The van der Waals surface area contributed by atoms with E-state index in [1.165, 1.54) is 0 Å². The molecule has 5 nitrogen and oxygen atoms in total. The number of amides is 2. The SMILES string of the molecule is NCc1cccc(NC(=O)Nc2cccc3c2OCC3)c1. The lowest BCUT2D eigenvalue weighted by atomic mass is 10.1. The molecular formula is C16H17N3O2. The van der Waals surface area contributed by atoms with E-state index >= 15 is 0 Å². The number of nitrogens with one attached hydrogen (secondary N) is 2. The minimum absolute atomic E-state index is 0.298. The first-order chi connectivity index (χ1) is 10.3. The second-order valence-electron chi connectivity index (χ2n) is 4.88. The molecule has 0 radical (unpaired) electrons. The van der Waals surface area contributed by atoms with Gasteiger partial charge in [0, 0.05) is 18.7 Å². The van der Waals surface area contributed by atoms with Crippen LogP contribution in [0.1, 0.15) is 11.1 Å². The molecule has 0 saturated carbocycles. The predicted molar refractivity (Wildman–Crippen MR) is 82.6 cm³/mol. The summed E-state index contributed by atoms with van der Waals surface area (Å²) in [5, 5.41) is 5.62. The average molecular weight is 283 g/mol. The van der Waals surface area contributed by atoms with Crippen molar-refractivity contribution in [3.8, 4) is 5.75 Å². The standard InChI is InChI=1S/C16H17N3O2/c17-10-11-3-1-5-13(9-11)18-16(20)19-14-6-2-4-12-7-8-21-15(12)14/h1-6,9H,7-8,10,17H2,(H2,18,19,20). The highest BCUT2D eigenvalue weighted by Gasteiger charge is 2.17. The number of benzene rings is 2. The summed E-state index contributed by atoms with van der Waals surface area (Å²) in [6, 6.07) is 12.9. The van der Waals surface area contributed by atoms with Crippen LogP contribution in [0.3, 0.4) is 0 Å². The summed E-state index contributed by atoms with van der Waals surface area (Å²) >= 11 is 0. The quantitative estimate of drug-likeness (QED) is 0.810. The van der Waals surface area contributed by atoms with E-state index in [2.05, 4.69) is 10.6 Å². The van der Waals surface area contributed by atoms with Gasteiger partial charge in [-0.25, -0.2) is 4.79 Å². The van der Waals surface area contributed by atoms with Gasteiger partial charge in [0.25, 0.3) is 0 Å². The molecule has 1 aliphatic rings. The van der Waals surface area contributed by atoms with Crippen molar-refractivity contribution in [1.82, 2.24) is 0 Å². The molecule has 0 bridgehead atoms. The third kappa shape index (κ3) is 2.98. The zero-order valence-corrected chi connectivity index (χ0v) is 11.6. The molecule has 3 rings (SSSR count). The third-order valence-corrected chi connectivity index (χ3v) is 3.38. The van der Waals surface area contributed by atoms with Crippen molar-refractivity contribution in [2.75, 3.05) is 17.2 Å². The van der Waals surface area contributed by atoms with Crippen LogP contribution in [-0.2, 0) is 13.0 Å². The molecule has 108 valence electrons.